The summed E-state index contributed by atoms with van der Waals surface area (Å²) < 4.78 is 0. The van der Waals surface area contributed by atoms with Gasteiger partial charge in [0.15, 0.2) is 0 Å². The molecule has 0 bridgehead atoms. The first-order chi connectivity index (χ1) is 15.6. The highest BCUT2D eigenvalue weighted by Crippen LogP contribution is 2.26. The monoisotopic (exact) mass is 439 g/mol. The van der Waals surface area contributed by atoms with Crippen LogP contribution in [0.1, 0.15) is 46.1 Å². The van der Waals surface area contributed by atoms with Gasteiger partial charge in [0, 0.05) is 35.8 Å². The number of benzene rings is 2. The highest BCUT2D eigenvalue weighted by atomic mass is 15.1. The van der Waals surface area contributed by atoms with Gasteiger partial charge in [0.2, 0.25) is 0 Å². The summed E-state index contributed by atoms with van der Waals surface area (Å²) >= 11 is 0. The molecule has 0 saturated heterocycles. The van der Waals surface area contributed by atoms with E-state index in [9.17, 15) is 0 Å². The summed E-state index contributed by atoms with van der Waals surface area (Å²) in [7, 11) is 0. The van der Waals surface area contributed by atoms with Crippen LogP contribution in [0.25, 0.3) is 0 Å². The van der Waals surface area contributed by atoms with Crippen LogP contribution in [-0.4, -0.2) is 62.2 Å². The van der Waals surface area contributed by atoms with Crippen molar-refractivity contribution in [2.24, 2.45) is 0 Å². The molecule has 0 radical (unpaired) electrons. The fourth-order valence-corrected chi connectivity index (χ4v) is 3.86. The molecule has 0 saturated carbocycles. The smallest absolute Gasteiger partial charge is 0.0425 e. The van der Waals surface area contributed by atoms with E-state index in [0.29, 0.717) is 0 Å². The summed E-state index contributed by atoms with van der Waals surface area (Å²) in [5.74, 6) is 0. The molecule has 0 aromatic heterocycles. The third kappa shape index (κ3) is 9.49. The van der Waals surface area contributed by atoms with Crippen LogP contribution >= 0.6 is 0 Å². The number of hydrogen-bond acceptors (Lipinski definition) is 5. The van der Waals surface area contributed by atoms with Crippen molar-refractivity contribution < 1.29 is 0 Å². The maximum atomic E-state index is 3.64. The van der Waals surface area contributed by atoms with Gasteiger partial charge in [0.05, 0.1) is 0 Å². The van der Waals surface area contributed by atoms with Gasteiger partial charge in [-0.2, -0.15) is 0 Å². The molecule has 2 rings (SSSR count). The second-order valence-corrected chi connectivity index (χ2v) is 8.40. The van der Waals surface area contributed by atoms with E-state index in [0.717, 1.165) is 87.9 Å². The number of nitrogens with zero attached hydrogens (tertiary/aromatic N) is 2. The van der Waals surface area contributed by atoms with Crippen molar-refractivity contribution in [2.75, 3.05) is 68.3 Å². The topological polar surface area (TPSA) is 42.6 Å². The van der Waals surface area contributed by atoms with Crippen LogP contribution in [0.15, 0.2) is 42.5 Å². The minimum Gasteiger partial charge on any atom is -0.385 e. The van der Waals surface area contributed by atoms with Crippen molar-refractivity contribution in [1.29, 1.82) is 0 Å². The first kappa shape index (κ1) is 26.0. The van der Waals surface area contributed by atoms with Crippen molar-refractivity contribution in [1.82, 2.24) is 9.80 Å². The summed E-state index contributed by atoms with van der Waals surface area (Å²) in [6.07, 6.45) is 2.29. The average molecular weight is 440 g/mol. The Morgan fingerprint density at radius 2 is 1.03 bits per heavy atom. The van der Waals surface area contributed by atoms with E-state index in [4.69, 9.17) is 0 Å². The lowest BCUT2D eigenvalue weighted by atomic mass is 10.2. The van der Waals surface area contributed by atoms with E-state index in [1.54, 1.807) is 0 Å². The van der Waals surface area contributed by atoms with Gasteiger partial charge in [-0.3, -0.25) is 0 Å². The molecule has 0 aliphatic heterocycles. The molecular formula is C27H45N5. The second-order valence-electron chi connectivity index (χ2n) is 8.40. The number of hydrogen-bond donors (Lipinski definition) is 3. The van der Waals surface area contributed by atoms with Gasteiger partial charge >= 0.3 is 0 Å². The molecule has 3 N–H and O–H groups in total. The third-order valence-corrected chi connectivity index (χ3v) is 6.02. The molecule has 2 aromatic carbocycles. The van der Waals surface area contributed by atoms with Gasteiger partial charge in [0.25, 0.3) is 0 Å². The average Bonchev–Trinajstić information content (AvgIpc) is 2.81. The first-order valence-corrected chi connectivity index (χ1v) is 12.5. The molecule has 0 unspecified atom stereocenters. The van der Waals surface area contributed by atoms with Crippen LogP contribution in [0.5, 0.6) is 0 Å². The Morgan fingerprint density at radius 3 is 1.47 bits per heavy atom. The Hall–Kier alpha value is -2.24. The van der Waals surface area contributed by atoms with E-state index in [1.165, 1.54) is 5.56 Å². The molecule has 0 atom stereocenters. The lowest BCUT2D eigenvalue weighted by molar-refractivity contribution is 0.303. The Bertz CT molecular complexity index is 713. The zero-order valence-corrected chi connectivity index (χ0v) is 21.0. The highest BCUT2D eigenvalue weighted by molar-refractivity contribution is 5.71. The van der Waals surface area contributed by atoms with Crippen LogP contribution in [0, 0.1) is 6.92 Å². The van der Waals surface area contributed by atoms with Crippen molar-refractivity contribution >= 4 is 22.7 Å². The van der Waals surface area contributed by atoms with Crippen LogP contribution < -0.4 is 16.0 Å². The largest absolute Gasteiger partial charge is 0.385 e. The SMILES string of the molecule is CCN(CC)CCCNc1cc(NCCCN(CC)CC)cc(Nc2ccc(C)cc2)c1. The summed E-state index contributed by atoms with van der Waals surface area (Å²) in [5, 5.41) is 10.8. The van der Waals surface area contributed by atoms with Gasteiger partial charge in [-0.25, -0.2) is 0 Å². The molecule has 0 amide bonds. The first-order valence-electron chi connectivity index (χ1n) is 12.5. The predicted octanol–water partition coefficient (Wildman–Crippen LogP) is 6.03. The summed E-state index contributed by atoms with van der Waals surface area (Å²) in [6, 6.07) is 15.2. The van der Waals surface area contributed by atoms with Crippen LogP contribution in [0.4, 0.5) is 22.7 Å². The fourth-order valence-electron chi connectivity index (χ4n) is 3.86. The Morgan fingerprint density at radius 1 is 0.594 bits per heavy atom. The lowest BCUT2D eigenvalue weighted by Crippen LogP contribution is -2.25. The van der Waals surface area contributed by atoms with E-state index in [-0.39, 0.29) is 0 Å². The minimum absolute atomic E-state index is 0.978. The number of anilines is 4. The molecule has 0 aliphatic carbocycles. The van der Waals surface area contributed by atoms with Crippen molar-refractivity contribution in [3.8, 4) is 0 Å². The highest BCUT2D eigenvalue weighted by Gasteiger charge is 2.04. The Balaban J connectivity index is 2.00. The molecule has 178 valence electrons. The fraction of sp³-hybridized carbons (Fsp3) is 0.556. The van der Waals surface area contributed by atoms with Crippen LogP contribution in [0.2, 0.25) is 0 Å². The normalized spacial score (nSPS) is 11.2. The maximum Gasteiger partial charge on any atom is 0.0425 e. The quantitative estimate of drug-likeness (QED) is 0.279. The number of rotatable bonds is 16. The molecule has 5 nitrogen and oxygen atoms in total. The molecule has 0 fully saturated rings. The van der Waals surface area contributed by atoms with Gasteiger partial charge in [0.1, 0.15) is 0 Å². The van der Waals surface area contributed by atoms with Gasteiger partial charge in [-0.05, 0) is 89.4 Å². The van der Waals surface area contributed by atoms with Crippen molar-refractivity contribution in [3.05, 3.63) is 48.0 Å². The van der Waals surface area contributed by atoms with E-state index in [2.05, 4.69) is 103 Å². The van der Waals surface area contributed by atoms with Crippen molar-refractivity contribution in [2.45, 2.75) is 47.5 Å². The second kappa shape index (κ2) is 14.8. The molecule has 0 heterocycles. The molecule has 0 spiro atoms. The zero-order valence-electron chi connectivity index (χ0n) is 21.0. The molecular weight excluding hydrogens is 394 g/mol. The van der Waals surface area contributed by atoms with Crippen molar-refractivity contribution in [3.63, 3.8) is 0 Å². The Kier molecular flexibility index (Phi) is 12.0. The van der Waals surface area contributed by atoms with E-state index < -0.39 is 0 Å². The van der Waals surface area contributed by atoms with E-state index >= 15 is 0 Å². The predicted molar refractivity (Wildman–Crippen MR) is 143 cm³/mol. The minimum atomic E-state index is 0.978. The lowest BCUT2D eigenvalue weighted by Gasteiger charge is -2.19. The van der Waals surface area contributed by atoms with Gasteiger partial charge in [-0.15, -0.1) is 0 Å². The maximum absolute atomic E-state index is 3.64. The molecule has 5 heteroatoms. The summed E-state index contributed by atoms with van der Waals surface area (Å²) in [4.78, 5) is 4.94. The van der Waals surface area contributed by atoms with Gasteiger partial charge < -0.3 is 25.8 Å². The molecule has 2 aromatic rings. The van der Waals surface area contributed by atoms with Gasteiger partial charge in [-0.1, -0.05) is 45.4 Å². The van der Waals surface area contributed by atoms with E-state index in [1.807, 2.05) is 0 Å². The molecule has 32 heavy (non-hydrogen) atoms. The number of nitrogens with one attached hydrogen (secondary N) is 3. The molecule has 0 aliphatic rings. The third-order valence-electron chi connectivity index (χ3n) is 6.02. The van der Waals surface area contributed by atoms with Crippen LogP contribution in [-0.2, 0) is 0 Å². The summed E-state index contributed by atoms with van der Waals surface area (Å²) in [5.41, 5.74) is 5.81. The number of aryl methyl sites for hydroxylation is 1. The standard InChI is InChI=1S/C27H45N5/c1-6-31(7-2)18-10-16-28-25-20-26(29-17-11-19-32(8-3)9-4)22-27(21-25)30-24-14-12-23(5)13-15-24/h12-15,20-22,28-30H,6-11,16-19H2,1-5H3. The van der Waals surface area contributed by atoms with Crippen LogP contribution in [0.3, 0.4) is 0 Å². The zero-order chi connectivity index (χ0) is 23.2. The summed E-state index contributed by atoms with van der Waals surface area (Å²) in [6.45, 7) is 19.7. The Labute approximate surface area is 196 Å².